The van der Waals surface area contributed by atoms with Crippen molar-refractivity contribution in [2.24, 2.45) is 0 Å². The molecule has 2 aromatic carbocycles. The number of para-hydroxylation sites is 1. The zero-order valence-corrected chi connectivity index (χ0v) is 16.5. The molecule has 0 aliphatic heterocycles. The van der Waals surface area contributed by atoms with Crippen LogP contribution in [0.25, 0.3) is 15.9 Å². The van der Waals surface area contributed by atoms with Crippen LogP contribution in [0.15, 0.2) is 63.5 Å². The van der Waals surface area contributed by atoms with Crippen LogP contribution in [-0.2, 0) is 11.3 Å². The normalized spacial score (nSPS) is 11.0. The summed E-state index contributed by atoms with van der Waals surface area (Å²) in [5, 5.41) is 4.07. The SMILES string of the molecule is Cc1cc(F)ccc1-n1c(=O)c2sccc2n(CC(=O)Nc2ccccc2F)c1=O. The fourth-order valence-electron chi connectivity index (χ4n) is 3.22. The summed E-state index contributed by atoms with van der Waals surface area (Å²) >= 11 is 1.13. The number of anilines is 1. The first kappa shape index (κ1) is 19.7. The van der Waals surface area contributed by atoms with Gasteiger partial charge in [-0.3, -0.25) is 14.2 Å². The molecule has 4 aromatic rings. The summed E-state index contributed by atoms with van der Waals surface area (Å²) in [6.45, 7) is 1.15. The van der Waals surface area contributed by atoms with E-state index in [9.17, 15) is 23.2 Å². The highest BCUT2D eigenvalue weighted by molar-refractivity contribution is 7.17. The number of aromatic nitrogens is 2. The second kappa shape index (κ2) is 7.68. The predicted octanol–water partition coefficient (Wildman–Crippen LogP) is 3.44. The van der Waals surface area contributed by atoms with Crippen molar-refractivity contribution in [1.29, 1.82) is 0 Å². The van der Waals surface area contributed by atoms with Gasteiger partial charge in [-0.2, -0.15) is 0 Å². The Morgan fingerprint density at radius 1 is 1.10 bits per heavy atom. The molecule has 2 heterocycles. The van der Waals surface area contributed by atoms with Gasteiger partial charge in [0.2, 0.25) is 5.91 Å². The second-order valence-corrected chi connectivity index (χ2v) is 7.52. The van der Waals surface area contributed by atoms with Crippen molar-refractivity contribution in [3.63, 3.8) is 0 Å². The van der Waals surface area contributed by atoms with Gasteiger partial charge >= 0.3 is 5.69 Å². The fourth-order valence-corrected chi connectivity index (χ4v) is 4.04. The molecule has 0 atom stereocenters. The van der Waals surface area contributed by atoms with E-state index in [0.717, 1.165) is 26.5 Å². The van der Waals surface area contributed by atoms with Gasteiger partial charge in [-0.15, -0.1) is 11.3 Å². The van der Waals surface area contributed by atoms with Gasteiger partial charge in [0.1, 0.15) is 22.9 Å². The van der Waals surface area contributed by atoms with Gasteiger partial charge in [0, 0.05) is 0 Å². The number of carbonyl (C=O) groups is 1. The maximum atomic E-state index is 13.8. The highest BCUT2D eigenvalue weighted by atomic mass is 32.1. The molecule has 0 aliphatic carbocycles. The van der Waals surface area contributed by atoms with E-state index in [1.54, 1.807) is 24.4 Å². The quantitative estimate of drug-likeness (QED) is 0.542. The first-order chi connectivity index (χ1) is 14.4. The predicted molar refractivity (Wildman–Crippen MR) is 111 cm³/mol. The largest absolute Gasteiger partial charge is 0.336 e. The average Bonchev–Trinajstić information content (AvgIpc) is 3.19. The van der Waals surface area contributed by atoms with Crippen LogP contribution in [-0.4, -0.2) is 15.0 Å². The molecule has 6 nitrogen and oxygen atoms in total. The molecule has 0 saturated carbocycles. The Labute approximate surface area is 172 Å². The maximum Gasteiger partial charge on any atom is 0.336 e. The van der Waals surface area contributed by atoms with Crippen LogP contribution in [0.5, 0.6) is 0 Å². The van der Waals surface area contributed by atoms with Crippen LogP contribution >= 0.6 is 11.3 Å². The standard InChI is InChI=1S/C21H15F2N3O3S/c1-12-10-13(22)6-7-16(12)26-20(28)19-17(8-9-30-19)25(21(26)29)11-18(27)24-15-5-3-2-4-14(15)23/h2-10H,11H2,1H3,(H,24,27). The number of thiophene rings is 1. The van der Waals surface area contributed by atoms with Gasteiger partial charge in [-0.1, -0.05) is 12.1 Å². The van der Waals surface area contributed by atoms with E-state index in [1.807, 2.05) is 0 Å². The van der Waals surface area contributed by atoms with Crippen LogP contribution in [0, 0.1) is 18.6 Å². The van der Waals surface area contributed by atoms with Gasteiger partial charge < -0.3 is 5.32 Å². The minimum atomic E-state index is -0.746. The number of aryl methyl sites for hydroxylation is 1. The number of fused-ring (bicyclic) bond motifs is 1. The van der Waals surface area contributed by atoms with Crippen molar-refractivity contribution in [3.05, 3.63) is 91.9 Å². The fraction of sp³-hybridized carbons (Fsp3) is 0.0952. The van der Waals surface area contributed by atoms with E-state index in [-0.39, 0.29) is 16.1 Å². The Morgan fingerprint density at radius 3 is 2.60 bits per heavy atom. The van der Waals surface area contributed by atoms with E-state index >= 15 is 0 Å². The molecule has 152 valence electrons. The van der Waals surface area contributed by atoms with Crippen LogP contribution in [0.4, 0.5) is 14.5 Å². The lowest BCUT2D eigenvalue weighted by Crippen LogP contribution is -2.40. The number of hydrogen-bond donors (Lipinski definition) is 1. The molecule has 0 aliphatic rings. The third-order valence-corrected chi connectivity index (χ3v) is 5.50. The molecule has 30 heavy (non-hydrogen) atoms. The number of hydrogen-bond acceptors (Lipinski definition) is 4. The Morgan fingerprint density at radius 2 is 1.87 bits per heavy atom. The first-order valence-electron chi connectivity index (χ1n) is 8.91. The first-order valence-corrected chi connectivity index (χ1v) is 9.79. The lowest BCUT2D eigenvalue weighted by Gasteiger charge is -2.14. The molecule has 4 rings (SSSR count). The van der Waals surface area contributed by atoms with Crippen molar-refractivity contribution in [1.82, 2.24) is 9.13 Å². The van der Waals surface area contributed by atoms with Crippen molar-refractivity contribution < 1.29 is 13.6 Å². The minimum Gasteiger partial charge on any atom is -0.322 e. The lowest BCUT2D eigenvalue weighted by molar-refractivity contribution is -0.116. The molecule has 0 radical (unpaired) electrons. The molecule has 1 amide bonds. The smallest absolute Gasteiger partial charge is 0.322 e. The van der Waals surface area contributed by atoms with E-state index in [2.05, 4.69) is 5.32 Å². The third kappa shape index (κ3) is 3.43. The van der Waals surface area contributed by atoms with Crippen molar-refractivity contribution in [2.45, 2.75) is 13.5 Å². The molecule has 0 bridgehead atoms. The zero-order chi connectivity index (χ0) is 21.4. The van der Waals surface area contributed by atoms with Crippen LogP contribution in [0.3, 0.4) is 0 Å². The van der Waals surface area contributed by atoms with E-state index in [0.29, 0.717) is 11.1 Å². The number of nitrogens with one attached hydrogen (secondary N) is 1. The monoisotopic (exact) mass is 427 g/mol. The van der Waals surface area contributed by atoms with Crippen molar-refractivity contribution in [2.75, 3.05) is 5.32 Å². The summed E-state index contributed by atoms with van der Waals surface area (Å²) in [4.78, 5) is 38.6. The number of rotatable bonds is 4. The number of nitrogens with zero attached hydrogens (tertiary/aromatic N) is 2. The lowest BCUT2D eigenvalue weighted by atomic mass is 10.2. The van der Waals surface area contributed by atoms with Gasteiger partial charge in [0.15, 0.2) is 0 Å². The third-order valence-electron chi connectivity index (χ3n) is 4.60. The van der Waals surface area contributed by atoms with Crippen LogP contribution in [0.2, 0.25) is 0 Å². The summed E-state index contributed by atoms with van der Waals surface area (Å²) in [6, 6.07) is 11.0. The van der Waals surface area contributed by atoms with Gasteiger partial charge in [-0.25, -0.2) is 18.1 Å². The Kier molecular flexibility index (Phi) is 5.04. The zero-order valence-electron chi connectivity index (χ0n) is 15.7. The molecule has 0 unspecified atom stereocenters. The van der Waals surface area contributed by atoms with Gasteiger partial charge in [0.25, 0.3) is 5.56 Å². The summed E-state index contributed by atoms with van der Waals surface area (Å²) in [6.07, 6.45) is 0. The second-order valence-electron chi connectivity index (χ2n) is 6.60. The number of halogens is 2. The molecular weight excluding hydrogens is 412 g/mol. The molecular formula is C21H15F2N3O3S. The summed E-state index contributed by atoms with van der Waals surface area (Å²) in [5.74, 6) is -1.73. The number of benzene rings is 2. The molecule has 0 spiro atoms. The highest BCUT2D eigenvalue weighted by Crippen LogP contribution is 2.19. The Hall–Kier alpha value is -3.59. The molecule has 0 saturated heterocycles. The van der Waals surface area contributed by atoms with Gasteiger partial charge in [-0.05, 0) is 54.3 Å². The van der Waals surface area contributed by atoms with E-state index < -0.39 is 35.3 Å². The van der Waals surface area contributed by atoms with Crippen molar-refractivity contribution in [3.8, 4) is 5.69 Å². The number of carbonyl (C=O) groups excluding carboxylic acids is 1. The van der Waals surface area contributed by atoms with Crippen molar-refractivity contribution >= 4 is 33.1 Å². The Bertz CT molecular complexity index is 1400. The molecule has 1 N–H and O–H groups in total. The maximum absolute atomic E-state index is 13.8. The topological polar surface area (TPSA) is 73.1 Å². The highest BCUT2D eigenvalue weighted by Gasteiger charge is 2.19. The minimum absolute atomic E-state index is 0.0141. The summed E-state index contributed by atoms with van der Waals surface area (Å²) < 4.78 is 29.7. The van der Waals surface area contributed by atoms with Gasteiger partial charge in [0.05, 0.1) is 16.9 Å². The summed E-state index contributed by atoms with van der Waals surface area (Å²) in [5.41, 5.74) is -0.387. The summed E-state index contributed by atoms with van der Waals surface area (Å²) in [7, 11) is 0. The molecule has 0 fully saturated rings. The number of amides is 1. The Balaban J connectivity index is 1.83. The molecule has 9 heteroatoms. The molecule has 2 aromatic heterocycles. The van der Waals surface area contributed by atoms with Crippen LogP contribution in [0.1, 0.15) is 5.56 Å². The van der Waals surface area contributed by atoms with E-state index in [1.165, 1.54) is 30.3 Å². The average molecular weight is 427 g/mol. The van der Waals surface area contributed by atoms with Crippen LogP contribution < -0.4 is 16.6 Å². The van der Waals surface area contributed by atoms with E-state index in [4.69, 9.17) is 0 Å².